The van der Waals surface area contributed by atoms with Crippen molar-refractivity contribution in [3.8, 4) is 0 Å². The van der Waals surface area contributed by atoms with Crippen LogP contribution in [0, 0.1) is 12.3 Å². The summed E-state index contributed by atoms with van der Waals surface area (Å²) in [6, 6.07) is 0. The van der Waals surface area contributed by atoms with E-state index in [0.29, 0.717) is 32.6 Å². The van der Waals surface area contributed by atoms with E-state index < -0.39 is 0 Å². The summed E-state index contributed by atoms with van der Waals surface area (Å²) in [7, 11) is 0. The van der Waals surface area contributed by atoms with Gasteiger partial charge >= 0.3 is 0 Å². The highest BCUT2D eigenvalue weighted by Crippen LogP contribution is 2.39. The third-order valence-electron chi connectivity index (χ3n) is 5.44. The minimum atomic E-state index is -0.205. The molecule has 8 heteroatoms. The number of aryl methyl sites for hydroxylation is 1. The van der Waals surface area contributed by atoms with E-state index in [4.69, 9.17) is 0 Å². The fourth-order valence-electron chi connectivity index (χ4n) is 4.01. The molecule has 146 valence electrons. The summed E-state index contributed by atoms with van der Waals surface area (Å²) < 4.78 is 0. The zero-order chi connectivity index (χ0) is 19.4. The Kier molecular flexibility index (Phi) is 5.72. The second kappa shape index (κ2) is 8.02. The van der Waals surface area contributed by atoms with Crippen molar-refractivity contribution in [1.29, 1.82) is 0 Å². The van der Waals surface area contributed by atoms with E-state index in [0.717, 1.165) is 30.7 Å². The van der Waals surface area contributed by atoms with Crippen LogP contribution in [0.15, 0.2) is 12.4 Å². The highest BCUT2D eigenvalue weighted by atomic mass is 16.2. The molecule has 3 heterocycles. The van der Waals surface area contributed by atoms with Gasteiger partial charge in [-0.15, -0.1) is 0 Å². The molecule has 0 aliphatic carbocycles. The molecule has 3 amide bonds. The molecule has 0 unspecified atom stereocenters. The van der Waals surface area contributed by atoms with Crippen LogP contribution in [0.3, 0.4) is 0 Å². The molecule has 8 nitrogen and oxygen atoms in total. The van der Waals surface area contributed by atoms with Gasteiger partial charge < -0.3 is 15.1 Å². The van der Waals surface area contributed by atoms with E-state index in [1.807, 2.05) is 16.7 Å². The summed E-state index contributed by atoms with van der Waals surface area (Å²) in [5.74, 6) is -0.134. The quantitative estimate of drug-likeness (QED) is 0.836. The van der Waals surface area contributed by atoms with Crippen LogP contribution in [-0.4, -0.2) is 63.7 Å². The van der Waals surface area contributed by atoms with E-state index in [2.05, 4.69) is 15.3 Å². The van der Waals surface area contributed by atoms with Crippen LogP contribution in [0.4, 0.5) is 0 Å². The first-order chi connectivity index (χ1) is 12.9. The summed E-state index contributed by atoms with van der Waals surface area (Å²) in [6.45, 7) is 5.74. The monoisotopic (exact) mass is 373 g/mol. The van der Waals surface area contributed by atoms with Crippen molar-refractivity contribution in [2.75, 3.05) is 26.2 Å². The number of hydrogen-bond acceptors (Lipinski definition) is 5. The number of hydrogen-bond donors (Lipinski definition) is 1. The van der Waals surface area contributed by atoms with Gasteiger partial charge in [-0.25, -0.2) is 0 Å². The summed E-state index contributed by atoms with van der Waals surface area (Å²) in [5.41, 5.74) is 1.55. The summed E-state index contributed by atoms with van der Waals surface area (Å²) >= 11 is 0. The third kappa shape index (κ3) is 4.81. The number of nitrogens with one attached hydrogen (secondary N) is 1. The molecule has 1 atom stereocenters. The molecule has 2 aliphatic heterocycles. The van der Waals surface area contributed by atoms with E-state index >= 15 is 0 Å². The first kappa shape index (κ1) is 19.3. The number of nitrogens with zero attached hydrogens (tertiary/aromatic N) is 4. The Morgan fingerprint density at radius 2 is 2.04 bits per heavy atom. The zero-order valence-corrected chi connectivity index (χ0v) is 16.0. The molecule has 2 aliphatic rings. The molecule has 27 heavy (non-hydrogen) atoms. The van der Waals surface area contributed by atoms with Crippen molar-refractivity contribution in [3.05, 3.63) is 23.8 Å². The molecule has 2 saturated heterocycles. The largest absolute Gasteiger partial charge is 0.347 e. The highest BCUT2D eigenvalue weighted by Gasteiger charge is 2.42. The average Bonchev–Trinajstić information content (AvgIpc) is 2.65. The van der Waals surface area contributed by atoms with Crippen LogP contribution < -0.4 is 5.32 Å². The smallest absolute Gasteiger partial charge is 0.241 e. The number of rotatable bonds is 4. The van der Waals surface area contributed by atoms with Crippen LogP contribution in [0.25, 0.3) is 0 Å². The minimum Gasteiger partial charge on any atom is -0.347 e. The second-order valence-corrected chi connectivity index (χ2v) is 7.73. The van der Waals surface area contributed by atoms with Gasteiger partial charge in [-0.05, 0) is 26.2 Å². The maximum Gasteiger partial charge on any atom is 0.241 e. The molecule has 3 rings (SSSR count). The third-order valence-corrected chi connectivity index (χ3v) is 5.44. The van der Waals surface area contributed by atoms with Gasteiger partial charge in [0.25, 0.3) is 0 Å². The first-order valence-corrected chi connectivity index (χ1v) is 9.44. The number of likely N-dealkylation sites (tertiary alicyclic amines) is 2. The summed E-state index contributed by atoms with van der Waals surface area (Å²) in [6.07, 6.45) is 6.63. The van der Waals surface area contributed by atoms with Gasteiger partial charge in [-0.1, -0.05) is 0 Å². The first-order valence-electron chi connectivity index (χ1n) is 9.44. The van der Waals surface area contributed by atoms with Gasteiger partial charge in [0.1, 0.15) is 0 Å². The van der Waals surface area contributed by atoms with Gasteiger partial charge in [0.2, 0.25) is 17.7 Å². The number of carbonyl (C=O) groups excluding carboxylic acids is 3. The molecule has 0 aromatic carbocycles. The fraction of sp³-hybridized carbons (Fsp3) is 0.632. The number of carbonyl (C=O) groups is 3. The van der Waals surface area contributed by atoms with Gasteiger partial charge in [-0.3, -0.25) is 24.4 Å². The average molecular weight is 373 g/mol. The van der Waals surface area contributed by atoms with Crippen LogP contribution >= 0.6 is 0 Å². The zero-order valence-electron chi connectivity index (χ0n) is 16.0. The molecular weight excluding hydrogens is 346 g/mol. The SMILES string of the molecule is CC(=O)NCC(=O)N1CCC[C@@]2(CCC(=O)N(Cc3cnc(C)cn3)C2)C1. The van der Waals surface area contributed by atoms with Crippen LogP contribution in [0.1, 0.15) is 44.0 Å². The molecule has 1 aromatic rings. The highest BCUT2D eigenvalue weighted by molar-refractivity contribution is 5.84. The Bertz CT molecular complexity index is 721. The van der Waals surface area contributed by atoms with Crippen LogP contribution in [-0.2, 0) is 20.9 Å². The normalized spacial score (nSPS) is 22.8. The van der Waals surface area contributed by atoms with Gasteiger partial charge in [0, 0.05) is 44.6 Å². The fourth-order valence-corrected chi connectivity index (χ4v) is 4.01. The lowest BCUT2D eigenvalue weighted by Crippen LogP contribution is -2.55. The Morgan fingerprint density at radius 1 is 1.22 bits per heavy atom. The minimum absolute atomic E-state index is 0.0347. The maximum atomic E-state index is 12.4. The van der Waals surface area contributed by atoms with Crippen LogP contribution in [0.2, 0.25) is 0 Å². The summed E-state index contributed by atoms with van der Waals surface area (Å²) in [4.78, 5) is 48.2. The molecule has 1 spiro atoms. The van der Waals surface area contributed by atoms with Gasteiger partial charge in [0.05, 0.1) is 30.7 Å². The molecule has 1 N–H and O–H groups in total. The number of piperidine rings is 2. The standard InChI is InChI=1S/C19H27N5O3/c1-14-8-22-16(9-20-14)11-24-13-19(6-4-17(24)26)5-3-7-23(12-19)18(27)10-21-15(2)25/h8-9H,3-7,10-13H2,1-2H3,(H,21,25)/t19-/m1/s1. The molecule has 0 radical (unpaired) electrons. The number of amides is 3. The molecular formula is C19H27N5O3. The van der Waals surface area contributed by atoms with E-state index in [1.165, 1.54) is 6.92 Å². The van der Waals surface area contributed by atoms with E-state index in [1.54, 1.807) is 12.4 Å². The van der Waals surface area contributed by atoms with E-state index in [9.17, 15) is 14.4 Å². The summed E-state index contributed by atoms with van der Waals surface area (Å²) in [5, 5.41) is 2.58. The van der Waals surface area contributed by atoms with Gasteiger partial charge in [-0.2, -0.15) is 0 Å². The second-order valence-electron chi connectivity index (χ2n) is 7.73. The lowest BCUT2D eigenvalue weighted by Gasteiger charge is -2.48. The Morgan fingerprint density at radius 3 is 2.74 bits per heavy atom. The van der Waals surface area contributed by atoms with Crippen molar-refractivity contribution < 1.29 is 14.4 Å². The van der Waals surface area contributed by atoms with E-state index in [-0.39, 0.29) is 29.7 Å². The molecule has 1 aromatic heterocycles. The van der Waals surface area contributed by atoms with Crippen LogP contribution in [0.5, 0.6) is 0 Å². The van der Waals surface area contributed by atoms with Crippen molar-refractivity contribution in [1.82, 2.24) is 25.1 Å². The predicted octanol–water partition coefficient (Wildman–Crippen LogP) is 0.652. The Labute approximate surface area is 159 Å². The molecule has 0 bridgehead atoms. The van der Waals surface area contributed by atoms with Crippen molar-refractivity contribution in [2.45, 2.75) is 46.1 Å². The van der Waals surface area contributed by atoms with Crippen molar-refractivity contribution in [2.24, 2.45) is 5.41 Å². The van der Waals surface area contributed by atoms with Crippen molar-refractivity contribution in [3.63, 3.8) is 0 Å². The molecule has 2 fully saturated rings. The maximum absolute atomic E-state index is 12.4. The lowest BCUT2D eigenvalue weighted by molar-refractivity contribution is -0.144. The lowest BCUT2D eigenvalue weighted by atomic mass is 9.73. The number of aromatic nitrogens is 2. The topological polar surface area (TPSA) is 95.5 Å². The Hall–Kier alpha value is -2.51. The predicted molar refractivity (Wildman–Crippen MR) is 98.4 cm³/mol. The Balaban J connectivity index is 1.65. The van der Waals surface area contributed by atoms with Gasteiger partial charge in [0.15, 0.2) is 0 Å². The van der Waals surface area contributed by atoms with Crippen molar-refractivity contribution >= 4 is 17.7 Å². The molecule has 0 saturated carbocycles.